The van der Waals surface area contributed by atoms with Crippen molar-refractivity contribution < 1.29 is 14.6 Å². The van der Waals surface area contributed by atoms with E-state index in [1.165, 1.54) is 6.20 Å². The average Bonchev–Trinajstić information content (AvgIpc) is 2.47. The predicted molar refractivity (Wildman–Crippen MR) is 83.9 cm³/mol. The number of hydrogen-bond acceptors (Lipinski definition) is 5. The second-order valence-electron chi connectivity index (χ2n) is 5.29. The molecule has 1 fully saturated rings. The van der Waals surface area contributed by atoms with Crippen LogP contribution in [0.4, 0.5) is 0 Å². The molecule has 0 unspecified atom stereocenters. The zero-order valence-electron chi connectivity index (χ0n) is 12.3. The highest BCUT2D eigenvalue weighted by atomic mass is 16.5. The molecule has 0 atom stereocenters. The number of aliphatic carboxylic acids is 1. The van der Waals surface area contributed by atoms with E-state index in [-0.39, 0.29) is 5.92 Å². The van der Waals surface area contributed by atoms with Gasteiger partial charge in [-0.05, 0) is 36.0 Å². The predicted octanol–water partition coefficient (Wildman–Crippen LogP) is 0.897. The highest BCUT2D eigenvalue weighted by Crippen LogP contribution is 2.20. The zero-order chi connectivity index (χ0) is 15.9. The number of allylic oxidation sites excluding steroid dienone is 2. The fourth-order valence-corrected chi connectivity index (χ4v) is 2.20. The fourth-order valence-electron chi connectivity index (χ4n) is 2.20. The lowest BCUT2D eigenvalue weighted by Crippen LogP contribution is -2.49. The van der Waals surface area contributed by atoms with E-state index in [1.807, 2.05) is 24.3 Å². The molecule has 1 aliphatic rings. The summed E-state index contributed by atoms with van der Waals surface area (Å²) in [5, 5.41) is 8.84. The molecular formula is C16H21N3O3. The van der Waals surface area contributed by atoms with E-state index >= 15 is 0 Å². The molecule has 0 saturated carbocycles. The number of rotatable bonds is 7. The number of carbonyl (C=O) groups is 1. The topological polar surface area (TPSA) is 102 Å². The van der Waals surface area contributed by atoms with Crippen LogP contribution in [0.25, 0.3) is 0 Å². The number of benzene rings is 1. The maximum atomic E-state index is 10.7. The van der Waals surface area contributed by atoms with Crippen LogP contribution in [0.5, 0.6) is 5.75 Å². The quantitative estimate of drug-likeness (QED) is 0.647. The Morgan fingerprint density at radius 3 is 2.64 bits per heavy atom. The van der Waals surface area contributed by atoms with Gasteiger partial charge in [0.05, 0.1) is 5.92 Å². The Hall–Kier alpha value is -2.47. The number of likely N-dealkylation sites (tertiary alicyclic amines) is 1. The van der Waals surface area contributed by atoms with Gasteiger partial charge in [0.15, 0.2) is 0 Å². The molecule has 0 bridgehead atoms. The SMILES string of the molecule is N/C=C\C=C(/N)COc1ccc(CN2CC(C(=O)O)C2)cc1. The second kappa shape index (κ2) is 7.51. The Labute approximate surface area is 129 Å². The number of nitrogens with zero attached hydrogens (tertiary/aromatic N) is 1. The Balaban J connectivity index is 1.77. The van der Waals surface area contributed by atoms with Crippen LogP contribution in [-0.4, -0.2) is 35.7 Å². The summed E-state index contributed by atoms with van der Waals surface area (Å²) < 4.78 is 5.55. The molecule has 22 heavy (non-hydrogen) atoms. The molecule has 1 aliphatic heterocycles. The minimum atomic E-state index is -0.713. The number of carboxylic acid groups (broad SMARTS) is 1. The van der Waals surface area contributed by atoms with Gasteiger partial charge >= 0.3 is 5.97 Å². The van der Waals surface area contributed by atoms with E-state index in [4.69, 9.17) is 21.3 Å². The maximum Gasteiger partial charge on any atom is 0.309 e. The third-order valence-electron chi connectivity index (χ3n) is 3.46. The third kappa shape index (κ3) is 4.53. The van der Waals surface area contributed by atoms with E-state index in [0.29, 0.717) is 25.4 Å². The van der Waals surface area contributed by atoms with Crippen LogP contribution in [0, 0.1) is 5.92 Å². The smallest absolute Gasteiger partial charge is 0.309 e. The molecule has 1 saturated heterocycles. The molecule has 0 aliphatic carbocycles. The van der Waals surface area contributed by atoms with Crippen LogP contribution >= 0.6 is 0 Å². The molecule has 0 spiro atoms. The summed E-state index contributed by atoms with van der Waals surface area (Å²) in [5.74, 6) is -0.195. The highest BCUT2D eigenvalue weighted by molar-refractivity contribution is 5.71. The van der Waals surface area contributed by atoms with E-state index in [2.05, 4.69) is 4.90 Å². The summed E-state index contributed by atoms with van der Waals surface area (Å²) in [6, 6.07) is 7.72. The summed E-state index contributed by atoms with van der Waals surface area (Å²) in [5.41, 5.74) is 12.7. The van der Waals surface area contributed by atoms with Gasteiger partial charge in [0.25, 0.3) is 0 Å². The van der Waals surface area contributed by atoms with Gasteiger partial charge in [0.2, 0.25) is 0 Å². The van der Waals surface area contributed by atoms with Crippen molar-refractivity contribution in [2.24, 2.45) is 17.4 Å². The Morgan fingerprint density at radius 1 is 1.36 bits per heavy atom. The lowest BCUT2D eigenvalue weighted by atomic mass is 10.00. The third-order valence-corrected chi connectivity index (χ3v) is 3.46. The summed E-state index contributed by atoms with van der Waals surface area (Å²) in [7, 11) is 0. The van der Waals surface area contributed by atoms with Crippen LogP contribution in [-0.2, 0) is 11.3 Å². The minimum absolute atomic E-state index is 0.222. The van der Waals surface area contributed by atoms with Crippen molar-refractivity contribution in [1.29, 1.82) is 0 Å². The molecule has 0 aromatic heterocycles. The molecule has 1 aromatic carbocycles. The number of ether oxygens (including phenoxy) is 1. The molecule has 118 valence electrons. The standard InChI is InChI=1S/C16H21N3O3/c17-7-1-2-14(18)11-22-15-5-3-12(4-6-15)8-19-9-13(10-19)16(20)21/h1-7,13H,8-11,17-18H2,(H,20,21)/b7-1-,14-2-. The van der Waals surface area contributed by atoms with Crippen LogP contribution in [0.3, 0.4) is 0 Å². The van der Waals surface area contributed by atoms with Gasteiger partial charge in [0.1, 0.15) is 12.4 Å². The minimum Gasteiger partial charge on any atom is -0.487 e. The van der Waals surface area contributed by atoms with Crippen LogP contribution in [0.1, 0.15) is 5.56 Å². The van der Waals surface area contributed by atoms with E-state index in [0.717, 1.165) is 17.9 Å². The molecule has 0 amide bonds. The average molecular weight is 303 g/mol. The van der Waals surface area contributed by atoms with Crippen molar-refractivity contribution in [3.63, 3.8) is 0 Å². The first-order valence-electron chi connectivity index (χ1n) is 7.08. The number of nitrogens with two attached hydrogens (primary N) is 2. The summed E-state index contributed by atoms with van der Waals surface area (Å²) in [6.45, 7) is 2.29. The monoisotopic (exact) mass is 303 g/mol. The van der Waals surface area contributed by atoms with E-state index in [9.17, 15) is 4.79 Å². The Morgan fingerprint density at radius 2 is 2.05 bits per heavy atom. The van der Waals surface area contributed by atoms with Crippen LogP contribution < -0.4 is 16.2 Å². The summed E-state index contributed by atoms with van der Waals surface area (Å²) >= 11 is 0. The normalized spacial score (nSPS) is 16.6. The molecular weight excluding hydrogens is 282 g/mol. The Bertz CT molecular complexity index is 561. The molecule has 2 rings (SSSR count). The van der Waals surface area contributed by atoms with Gasteiger partial charge in [0, 0.05) is 25.3 Å². The zero-order valence-corrected chi connectivity index (χ0v) is 12.3. The molecule has 6 nitrogen and oxygen atoms in total. The van der Waals surface area contributed by atoms with Gasteiger partial charge in [-0.2, -0.15) is 0 Å². The molecule has 1 heterocycles. The lowest BCUT2D eigenvalue weighted by molar-refractivity contribution is -0.147. The fraction of sp³-hybridized carbons (Fsp3) is 0.312. The van der Waals surface area contributed by atoms with Gasteiger partial charge in [-0.1, -0.05) is 12.1 Å². The van der Waals surface area contributed by atoms with Crippen LogP contribution in [0.2, 0.25) is 0 Å². The highest BCUT2D eigenvalue weighted by Gasteiger charge is 2.31. The molecule has 1 aromatic rings. The summed E-state index contributed by atoms with van der Waals surface area (Å²) in [6.07, 6.45) is 4.75. The van der Waals surface area contributed by atoms with Crippen molar-refractivity contribution in [3.8, 4) is 5.75 Å². The first-order chi connectivity index (χ1) is 10.6. The van der Waals surface area contributed by atoms with Crippen molar-refractivity contribution in [3.05, 3.63) is 53.9 Å². The van der Waals surface area contributed by atoms with Crippen molar-refractivity contribution in [1.82, 2.24) is 4.90 Å². The number of hydrogen-bond donors (Lipinski definition) is 3. The first kappa shape index (κ1) is 15.9. The van der Waals surface area contributed by atoms with Crippen molar-refractivity contribution in [2.75, 3.05) is 19.7 Å². The summed E-state index contributed by atoms with van der Waals surface area (Å²) in [4.78, 5) is 12.9. The maximum absolute atomic E-state index is 10.7. The van der Waals surface area contributed by atoms with Crippen LogP contribution in [0.15, 0.2) is 48.3 Å². The first-order valence-corrected chi connectivity index (χ1v) is 7.08. The van der Waals surface area contributed by atoms with E-state index in [1.54, 1.807) is 12.2 Å². The molecule has 0 radical (unpaired) electrons. The van der Waals surface area contributed by atoms with Crippen molar-refractivity contribution in [2.45, 2.75) is 6.54 Å². The number of carboxylic acids is 1. The molecule has 6 heteroatoms. The lowest BCUT2D eigenvalue weighted by Gasteiger charge is -2.36. The van der Waals surface area contributed by atoms with Gasteiger partial charge in [-0.15, -0.1) is 0 Å². The molecule has 5 N–H and O–H groups in total. The largest absolute Gasteiger partial charge is 0.487 e. The van der Waals surface area contributed by atoms with Crippen molar-refractivity contribution >= 4 is 5.97 Å². The second-order valence-corrected chi connectivity index (χ2v) is 5.29. The van der Waals surface area contributed by atoms with E-state index < -0.39 is 5.97 Å². The Kier molecular flexibility index (Phi) is 5.43. The van der Waals surface area contributed by atoms with Gasteiger partial charge in [-0.25, -0.2) is 0 Å². The van der Waals surface area contributed by atoms with Gasteiger partial charge < -0.3 is 21.3 Å². The van der Waals surface area contributed by atoms with Gasteiger partial charge in [-0.3, -0.25) is 9.69 Å².